The molecule has 0 aromatic rings. The Bertz CT molecular complexity index is 279. The molecule has 0 aromatic carbocycles. The van der Waals surface area contributed by atoms with Crippen molar-refractivity contribution in [2.75, 3.05) is 20.3 Å². The lowest BCUT2D eigenvalue weighted by molar-refractivity contribution is -0.155. The smallest absolute Gasteiger partial charge is 0.308 e. The number of nitrogens with zero attached hydrogens (tertiary/aromatic N) is 1. The van der Waals surface area contributed by atoms with Crippen LogP contribution in [0, 0.1) is 11.8 Å². The second-order valence-electron chi connectivity index (χ2n) is 4.37. The zero-order chi connectivity index (χ0) is 12.3. The topological polar surface area (TPSA) is 66.8 Å². The molecule has 0 aromatic heterocycles. The lowest BCUT2D eigenvalue weighted by Crippen LogP contribution is -2.53. The van der Waals surface area contributed by atoms with Crippen molar-refractivity contribution >= 4 is 11.9 Å². The predicted molar refractivity (Wildman–Crippen MR) is 58.0 cm³/mol. The summed E-state index contributed by atoms with van der Waals surface area (Å²) in [6, 6.07) is -0.260. The molecule has 1 saturated heterocycles. The summed E-state index contributed by atoms with van der Waals surface area (Å²) in [6.45, 7) is 4.52. The van der Waals surface area contributed by atoms with Gasteiger partial charge in [-0.25, -0.2) is 0 Å². The van der Waals surface area contributed by atoms with Gasteiger partial charge in [-0.3, -0.25) is 9.59 Å². The fourth-order valence-corrected chi connectivity index (χ4v) is 2.38. The van der Waals surface area contributed by atoms with Crippen LogP contribution in [-0.2, 0) is 14.3 Å². The van der Waals surface area contributed by atoms with Gasteiger partial charge in [0.25, 0.3) is 0 Å². The number of carboxylic acids is 1. The van der Waals surface area contributed by atoms with Gasteiger partial charge < -0.3 is 14.7 Å². The van der Waals surface area contributed by atoms with Crippen molar-refractivity contribution in [1.82, 2.24) is 4.90 Å². The number of rotatable bonds is 4. The zero-order valence-corrected chi connectivity index (χ0v) is 9.97. The Balaban J connectivity index is 2.77. The molecule has 5 nitrogen and oxygen atoms in total. The highest BCUT2D eigenvalue weighted by Gasteiger charge is 2.41. The van der Waals surface area contributed by atoms with Crippen LogP contribution in [0.25, 0.3) is 0 Å². The van der Waals surface area contributed by atoms with Gasteiger partial charge in [-0.05, 0) is 12.8 Å². The minimum absolute atomic E-state index is 0.0227. The zero-order valence-electron chi connectivity index (χ0n) is 9.97. The van der Waals surface area contributed by atoms with Crippen LogP contribution in [0.5, 0.6) is 0 Å². The van der Waals surface area contributed by atoms with Gasteiger partial charge in [0.05, 0.1) is 12.5 Å². The first-order chi connectivity index (χ1) is 7.49. The molecule has 0 spiro atoms. The number of amides is 1. The average molecular weight is 229 g/mol. The van der Waals surface area contributed by atoms with Crippen molar-refractivity contribution in [3.8, 4) is 0 Å². The second-order valence-corrected chi connectivity index (χ2v) is 4.37. The fraction of sp³-hybridized carbons (Fsp3) is 0.818. The number of ether oxygens (including phenoxy) is 1. The van der Waals surface area contributed by atoms with Crippen LogP contribution in [0.2, 0.25) is 0 Å². The molecular formula is C11H19NO4. The minimum Gasteiger partial charge on any atom is -0.481 e. The molecule has 16 heavy (non-hydrogen) atoms. The Hall–Kier alpha value is -1.10. The summed E-state index contributed by atoms with van der Waals surface area (Å²) in [6.07, 6.45) is 0.311. The molecule has 1 aliphatic heterocycles. The maximum Gasteiger partial charge on any atom is 0.308 e. The maximum atomic E-state index is 11.8. The molecule has 1 fully saturated rings. The number of hydrogen-bond donors (Lipinski definition) is 1. The number of hydrogen-bond acceptors (Lipinski definition) is 3. The standard InChI is InChI=1S/C11H19NO4/c1-7-6-9(13)12(4-5-16-3)8(2)10(7)11(14)15/h7-8,10H,4-6H2,1-3H3,(H,14,15). The molecule has 3 atom stereocenters. The molecule has 1 amide bonds. The Morgan fingerprint density at radius 1 is 1.56 bits per heavy atom. The Morgan fingerprint density at radius 2 is 2.19 bits per heavy atom. The lowest BCUT2D eigenvalue weighted by Gasteiger charge is -2.40. The fourth-order valence-electron chi connectivity index (χ4n) is 2.38. The molecule has 1 aliphatic rings. The van der Waals surface area contributed by atoms with Gasteiger partial charge >= 0.3 is 5.97 Å². The van der Waals surface area contributed by atoms with Crippen molar-refractivity contribution in [2.45, 2.75) is 26.3 Å². The summed E-state index contributed by atoms with van der Waals surface area (Å²) >= 11 is 0. The number of carbonyl (C=O) groups is 2. The Kier molecular flexibility index (Phi) is 4.29. The van der Waals surface area contributed by atoms with Crippen molar-refractivity contribution in [3.05, 3.63) is 0 Å². The monoisotopic (exact) mass is 229 g/mol. The van der Waals surface area contributed by atoms with Gasteiger partial charge in [-0.15, -0.1) is 0 Å². The SMILES string of the molecule is COCCN1C(=O)CC(C)C(C(=O)O)C1C. The van der Waals surface area contributed by atoms with Crippen LogP contribution >= 0.6 is 0 Å². The molecule has 0 saturated carbocycles. The molecule has 1 heterocycles. The molecule has 1 rings (SSSR count). The van der Waals surface area contributed by atoms with Gasteiger partial charge in [-0.2, -0.15) is 0 Å². The largest absolute Gasteiger partial charge is 0.481 e. The van der Waals surface area contributed by atoms with Crippen LogP contribution in [-0.4, -0.2) is 48.2 Å². The van der Waals surface area contributed by atoms with Gasteiger partial charge in [0.2, 0.25) is 5.91 Å². The Labute approximate surface area is 95.4 Å². The molecule has 0 aliphatic carbocycles. The van der Waals surface area contributed by atoms with E-state index in [0.29, 0.717) is 19.6 Å². The summed E-state index contributed by atoms with van der Waals surface area (Å²) in [5.41, 5.74) is 0. The summed E-state index contributed by atoms with van der Waals surface area (Å²) < 4.78 is 4.92. The second kappa shape index (κ2) is 5.30. The first-order valence-electron chi connectivity index (χ1n) is 5.50. The Morgan fingerprint density at radius 3 is 2.69 bits per heavy atom. The molecule has 3 unspecified atom stereocenters. The van der Waals surface area contributed by atoms with E-state index in [-0.39, 0.29) is 17.9 Å². The highest BCUT2D eigenvalue weighted by atomic mass is 16.5. The summed E-state index contributed by atoms with van der Waals surface area (Å²) in [5.74, 6) is -1.38. The lowest BCUT2D eigenvalue weighted by atomic mass is 9.81. The van der Waals surface area contributed by atoms with E-state index >= 15 is 0 Å². The van der Waals surface area contributed by atoms with Crippen molar-refractivity contribution in [2.24, 2.45) is 11.8 Å². The quantitative estimate of drug-likeness (QED) is 0.766. The number of piperidine rings is 1. The number of carboxylic acid groups (broad SMARTS) is 1. The van der Waals surface area contributed by atoms with E-state index < -0.39 is 11.9 Å². The van der Waals surface area contributed by atoms with Crippen LogP contribution in [0.15, 0.2) is 0 Å². The van der Waals surface area contributed by atoms with Gasteiger partial charge in [0.1, 0.15) is 0 Å². The van der Waals surface area contributed by atoms with Gasteiger partial charge in [-0.1, -0.05) is 6.92 Å². The van der Waals surface area contributed by atoms with E-state index in [1.807, 2.05) is 6.92 Å². The first-order valence-corrected chi connectivity index (χ1v) is 5.50. The minimum atomic E-state index is -0.824. The van der Waals surface area contributed by atoms with Crippen LogP contribution in [0.1, 0.15) is 20.3 Å². The molecular weight excluding hydrogens is 210 g/mol. The molecule has 0 bridgehead atoms. The summed E-state index contributed by atoms with van der Waals surface area (Å²) in [7, 11) is 1.57. The van der Waals surface area contributed by atoms with Gasteiger partial charge in [0, 0.05) is 26.1 Å². The van der Waals surface area contributed by atoms with E-state index in [9.17, 15) is 9.59 Å². The summed E-state index contributed by atoms with van der Waals surface area (Å²) in [4.78, 5) is 24.5. The predicted octanol–water partition coefficient (Wildman–Crippen LogP) is 0.590. The first kappa shape index (κ1) is 13.0. The van der Waals surface area contributed by atoms with Crippen LogP contribution in [0.4, 0.5) is 0 Å². The maximum absolute atomic E-state index is 11.8. The highest BCUT2D eigenvalue weighted by molar-refractivity contribution is 5.81. The number of carbonyl (C=O) groups excluding carboxylic acids is 1. The van der Waals surface area contributed by atoms with Crippen molar-refractivity contribution < 1.29 is 19.4 Å². The van der Waals surface area contributed by atoms with Crippen LogP contribution in [0.3, 0.4) is 0 Å². The van der Waals surface area contributed by atoms with E-state index in [2.05, 4.69) is 0 Å². The highest BCUT2D eigenvalue weighted by Crippen LogP contribution is 2.29. The molecule has 1 N–H and O–H groups in total. The van der Waals surface area contributed by atoms with E-state index in [0.717, 1.165) is 0 Å². The molecule has 92 valence electrons. The average Bonchev–Trinajstić information content (AvgIpc) is 2.16. The third kappa shape index (κ3) is 2.52. The normalized spacial score (nSPS) is 30.6. The van der Waals surface area contributed by atoms with E-state index in [1.54, 1.807) is 18.9 Å². The third-order valence-electron chi connectivity index (χ3n) is 3.26. The molecule has 0 radical (unpaired) electrons. The molecule has 5 heteroatoms. The van der Waals surface area contributed by atoms with Crippen molar-refractivity contribution in [3.63, 3.8) is 0 Å². The van der Waals surface area contributed by atoms with Crippen molar-refractivity contribution in [1.29, 1.82) is 0 Å². The van der Waals surface area contributed by atoms with E-state index in [1.165, 1.54) is 0 Å². The number of aliphatic carboxylic acids is 1. The third-order valence-corrected chi connectivity index (χ3v) is 3.26. The van der Waals surface area contributed by atoms with Crippen LogP contribution < -0.4 is 0 Å². The summed E-state index contributed by atoms with van der Waals surface area (Å²) in [5, 5.41) is 9.14. The van der Waals surface area contributed by atoms with E-state index in [4.69, 9.17) is 9.84 Å². The van der Waals surface area contributed by atoms with Gasteiger partial charge in [0.15, 0.2) is 0 Å². The number of likely N-dealkylation sites (tertiary alicyclic amines) is 1. The number of methoxy groups -OCH3 is 1.